The quantitative estimate of drug-likeness (QED) is 0.405. The molecule has 0 atom stereocenters. The van der Waals surface area contributed by atoms with Crippen LogP contribution in [0.5, 0.6) is 11.5 Å². The molecule has 2 aromatic carbocycles. The van der Waals surface area contributed by atoms with Crippen molar-refractivity contribution in [3.05, 3.63) is 64.9 Å². The number of hydrogen-bond acceptors (Lipinski definition) is 6. The molecule has 0 spiro atoms. The Hall–Kier alpha value is -2.75. The Morgan fingerprint density at radius 3 is 2.53 bits per heavy atom. The lowest BCUT2D eigenvalue weighted by molar-refractivity contribution is 0.0676. The van der Waals surface area contributed by atoms with Crippen molar-refractivity contribution in [2.24, 2.45) is 0 Å². The average Bonchev–Trinajstić information content (AvgIpc) is 3.32. The molecule has 0 N–H and O–H groups in total. The van der Waals surface area contributed by atoms with Crippen LogP contribution in [0.1, 0.15) is 29.9 Å². The van der Waals surface area contributed by atoms with Crippen molar-refractivity contribution < 1.29 is 22.3 Å². The van der Waals surface area contributed by atoms with Gasteiger partial charge in [0.25, 0.3) is 5.91 Å². The number of fused-ring (bicyclic) bond motifs is 1. The average molecular weight is 478 g/mol. The summed E-state index contributed by atoms with van der Waals surface area (Å²) in [6, 6.07) is 12.4. The molecular formula is C22H21ClFN3O4S. The lowest BCUT2D eigenvalue weighted by atomic mass is 10.1. The van der Waals surface area contributed by atoms with Crippen molar-refractivity contribution in [1.82, 2.24) is 9.78 Å². The van der Waals surface area contributed by atoms with E-state index in [-0.39, 0.29) is 24.9 Å². The van der Waals surface area contributed by atoms with Crippen LogP contribution in [0.25, 0.3) is 5.69 Å². The molecule has 32 heavy (non-hydrogen) atoms. The van der Waals surface area contributed by atoms with Crippen LogP contribution < -0.4 is 14.4 Å². The maximum atomic E-state index is 13.0. The molecule has 7 nitrogen and oxygen atoms in total. The molecule has 1 aromatic heterocycles. The van der Waals surface area contributed by atoms with Crippen LogP contribution in [-0.4, -0.2) is 35.0 Å². The van der Waals surface area contributed by atoms with Crippen molar-refractivity contribution in [1.29, 1.82) is 0 Å². The van der Waals surface area contributed by atoms with Crippen molar-refractivity contribution >= 4 is 35.6 Å². The van der Waals surface area contributed by atoms with Gasteiger partial charge in [-0.05, 0) is 50.2 Å². The van der Waals surface area contributed by atoms with Gasteiger partial charge in [0.1, 0.15) is 12.2 Å². The topological polar surface area (TPSA) is 65.8 Å². The molecule has 0 aliphatic carbocycles. The minimum Gasteiger partial charge on any atom is -0.493 e. The minimum atomic E-state index is -0.827. The summed E-state index contributed by atoms with van der Waals surface area (Å²) in [6.45, 7) is 3.88. The summed E-state index contributed by atoms with van der Waals surface area (Å²) in [6.07, 6.45) is 1.72. The molecular weight excluding hydrogens is 457 g/mol. The second kappa shape index (κ2) is 9.01. The molecule has 168 valence electrons. The number of anilines is 1. The summed E-state index contributed by atoms with van der Waals surface area (Å²) in [5.41, 5.74) is 1.88. The Bertz CT molecular complexity index is 1140. The molecule has 2 heterocycles. The first kappa shape index (κ1) is 22.4. The van der Waals surface area contributed by atoms with E-state index in [9.17, 15) is 8.68 Å². The van der Waals surface area contributed by atoms with Gasteiger partial charge in [-0.25, -0.2) is 4.68 Å². The highest BCUT2D eigenvalue weighted by atomic mass is 35.5. The first-order chi connectivity index (χ1) is 15.3. The van der Waals surface area contributed by atoms with Crippen LogP contribution in [0.2, 0.25) is 5.02 Å². The summed E-state index contributed by atoms with van der Waals surface area (Å²) >= 11 is 5.74. The van der Waals surface area contributed by atoms with Crippen LogP contribution in [0.4, 0.5) is 9.57 Å². The van der Waals surface area contributed by atoms with E-state index < -0.39 is 5.60 Å². The summed E-state index contributed by atoms with van der Waals surface area (Å²) in [4.78, 5) is 14.7. The van der Waals surface area contributed by atoms with E-state index >= 15 is 0 Å². The van der Waals surface area contributed by atoms with E-state index in [2.05, 4.69) is 5.10 Å². The third-order valence-electron chi connectivity index (χ3n) is 4.96. The summed E-state index contributed by atoms with van der Waals surface area (Å²) < 4.78 is 30.2. The number of aromatic nitrogens is 2. The summed E-state index contributed by atoms with van der Waals surface area (Å²) in [5.74, 6) is 0.773. The van der Waals surface area contributed by atoms with E-state index in [0.29, 0.717) is 40.0 Å². The van der Waals surface area contributed by atoms with Gasteiger partial charge in [-0.2, -0.15) is 5.10 Å². The Kier molecular flexibility index (Phi) is 6.32. The third kappa shape index (κ3) is 4.55. The highest BCUT2D eigenvalue weighted by molar-refractivity contribution is 7.89. The number of methoxy groups -OCH3 is 1. The van der Waals surface area contributed by atoms with Crippen molar-refractivity contribution in [3.8, 4) is 17.2 Å². The zero-order chi connectivity index (χ0) is 22.9. The van der Waals surface area contributed by atoms with Crippen LogP contribution in [-0.2, 0) is 10.7 Å². The number of ether oxygens (including phenoxy) is 2. The van der Waals surface area contributed by atoms with Crippen LogP contribution in [0, 0.1) is 0 Å². The first-order valence-electron chi connectivity index (χ1n) is 9.75. The number of halogens is 2. The largest absolute Gasteiger partial charge is 0.493 e. The van der Waals surface area contributed by atoms with Crippen molar-refractivity contribution in [2.75, 3.05) is 18.6 Å². The molecule has 0 radical (unpaired) electrons. The van der Waals surface area contributed by atoms with E-state index in [4.69, 9.17) is 25.3 Å². The zero-order valence-electron chi connectivity index (χ0n) is 17.7. The van der Waals surface area contributed by atoms with E-state index in [1.165, 1.54) is 7.11 Å². The van der Waals surface area contributed by atoms with Gasteiger partial charge in [0.15, 0.2) is 11.5 Å². The fraction of sp³-hybridized carbons (Fsp3) is 0.273. The predicted octanol–water partition coefficient (Wildman–Crippen LogP) is 5.40. The molecule has 3 aromatic rings. The fourth-order valence-electron chi connectivity index (χ4n) is 3.31. The fourth-order valence-corrected chi connectivity index (χ4v) is 3.66. The van der Waals surface area contributed by atoms with Crippen LogP contribution >= 0.6 is 24.0 Å². The molecule has 0 saturated heterocycles. The number of amides is 1. The van der Waals surface area contributed by atoms with Gasteiger partial charge in [-0.1, -0.05) is 11.6 Å². The third-order valence-corrected chi connectivity index (χ3v) is 5.72. The molecule has 1 aliphatic rings. The van der Waals surface area contributed by atoms with E-state index in [1.807, 2.05) is 12.1 Å². The van der Waals surface area contributed by atoms with E-state index in [1.54, 1.807) is 60.0 Å². The highest BCUT2D eigenvalue weighted by Crippen LogP contribution is 2.36. The van der Waals surface area contributed by atoms with Gasteiger partial charge in [-0.3, -0.25) is 8.98 Å². The summed E-state index contributed by atoms with van der Waals surface area (Å²) in [7, 11) is 1.52. The van der Waals surface area contributed by atoms with Gasteiger partial charge < -0.3 is 14.4 Å². The standard InChI is InChI=1S/C22H21ClFN3O4S/c1-22(2,31-32-24)13-30-19-9-8-16(10-20(19)29-3)26-12-18-17(21(26)28)11-27(25-18)15-6-4-14(23)5-7-15/h4-11H,12-13H2,1-3H3. The number of nitrogens with zero attached hydrogens (tertiary/aromatic N) is 3. The van der Waals surface area contributed by atoms with E-state index in [0.717, 1.165) is 5.69 Å². The lowest BCUT2D eigenvalue weighted by Crippen LogP contribution is -2.29. The van der Waals surface area contributed by atoms with Crippen molar-refractivity contribution in [2.45, 2.75) is 26.0 Å². The molecule has 4 rings (SSSR count). The van der Waals surface area contributed by atoms with Gasteiger partial charge in [0, 0.05) is 23.0 Å². The molecule has 0 bridgehead atoms. The van der Waals surface area contributed by atoms with Crippen LogP contribution in [0.15, 0.2) is 48.7 Å². The minimum absolute atomic E-state index is 0.118. The number of hydrogen-bond donors (Lipinski definition) is 0. The van der Waals surface area contributed by atoms with Crippen molar-refractivity contribution in [3.63, 3.8) is 0 Å². The highest BCUT2D eigenvalue weighted by Gasteiger charge is 2.32. The Morgan fingerprint density at radius 2 is 1.88 bits per heavy atom. The normalized spacial score (nSPS) is 13.4. The molecule has 1 amide bonds. The van der Waals surface area contributed by atoms with Gasteiger partial charge in [0.05, 0.1) is 30.6 Å². The molecule has 0 unspecified atom stereocenters. The number of carbonyl (C=O) groups is 1. The second-order valence-corrected chi connectivity index (χ2v) is 8.56. The zero-order valence-corrected chi connectivity index (χ0v) is 19.2. The Balaban J connectivity index is 1.51. The van der Waals surface area contributed by atoms with Gasteiger partial charge in [-0.15, -0.1) is 3.89 Å². The van der Waals surface area contributed by atoms with Gasteiger partial charge >= 0.3 is 0 Å². The monoisotopic (exact) mass is 477 g/mol. The molecule has 0 fully saturated rings. The lowest BCUT2D eigenvalue weighted by Gasteiger charge is -2.23. The Labute approximate surface area is 194 Å². The molecule has 10 heteroatoms. The Morgan fingerprint density at radius 1 is 1.16 bits per heavy atom. The number of carbonyl (C=O) groups excluding carboxylic acids is 1. The maximum Gasteiger partial charge on any atom is 0.262 e. The molecule has 1 aliphatic heterocycles. The maximum absolute atomic E-state index is 13.0. The number of benzene rings is 2. The first-order valence-corrected chi connectivity index (χ1v) is 10.8. The summed E-state index contributed by atoms with van der Waals surface area (Å²) in [5, 5.41) is 5.19. The number of rotatable bonds is 8. The van der Waals surface area contributed by atoms with Gasteiger partial charge in [0.2, 0.25) is 12.4 Å². The smallest absolute Gasteiger partial charge is 0.262 e. The predicted molar refractivity (Wildman–Crippen MR) is 121 cm³/mol. The SMILES string of the molecule is COc1cc(N2Cc3nn(-c4ccc(Cl)cc4)cc3C2=O)ccc1OCC(C)(C)OSF. The molecule has 0 saturated carbocycles. The second-order valence-electron chi connectivity index (χ2n) is 7.83. The van der Waals surface area contributed by atoms with Crippen LogP contribution in [0.3, 0.4) is 0 Å².